The van der Waals surface area contributed by atoms with Crippen molar-refractivity contribution in [3.05, 3.63) is 0 Å². The number of hydrogen-bond donors (Lipinski definition) is 2. The Morgan fingerprint density at radius 1 is 1.08 bits per heavy atom. The summed E-state index contributed by atoms with van der Waals surface area (Å²) in [5.41, 5.74) is 5.17. The third kappa shape index (κ3) is 12.4. The Hall–Kier alpha value is -0.990. The van der Waals surface area contributed by atoms with Crippen molar-refractivity contribution in [2.75, 3.05) is 26.4 Å². The van der Waals surface area contributed by atoms with Gasteiger partial charge >= 0.3 is 19.8 Å². The van der Waals surface area contributed by atoms with Gasteiger partial charge in [0.05, 0.1) is 13.2 Å². The van der Waals surface area contributed by atoms with Gasteiger partial charge in [-0.1, -0.05) is 20.3 Å². The lowest BCUT2D eigenvalue weighted by Gasteiger charge is -2.19. The van der Waals surface area contributed by atoms with Crippen LogP contribution in [0.15, 0.2) is 0 Å². The van der Waals surface area contributed by atoms with Gasteiger partial charge in [-0.25, -0.2) is 4.57 Å². The zero-order valence-electron chi connectivity index (χ0n) is 14.3. The van der Waals surface area contributed by atoms with Crippen molar-refractivity contribution in [1.82, 2.24) is 0 Å². The molecule has 0 spiro atoms. The SMILES string of the molecule is CCCCC(=O)O[C@H](COC(=O)CCC)COP(=O)(O)OCCN. The molecule has 1 unspecified atom stereocenters. The smallest absolute Gasteiger partial charge is 0.462 e. The fourth-order valence-electron chi connectivity index (χ4n) is 1.53. The lowest BCUT2D eigenvalue weighted by molar-refractivity contribution is -0.161. The number of nitrogens with two attached hydrogens (primary N) is 1. The molecule has 0 saturated heterocycles. The number of carbonyl (C=O) groups excluding carboxylic acids is 2. The van der Waals surface area contributed by atoms with Crippen molar-refractivity contribution < 1.29 is 37.6 Å². The fraction of sp³-hybridized carbons (Fsp3) is 0.857. The predicted octanol–water partition coefficient (Wildman–Crippen LogP) is 1.52. The van der Waals surface area contributed by atoms with E-state index in [1.54, 1.807) is 0 Å². The molecule has 0 aliphatic carbocycles. The second-order valence-corrected chi connectivity index (χ2v) is 6.49. The Bertz CT molecular complexity index is 418. The quantitative estimate of drug-likeness (QED) is 0.345. The summed E-state index contributed by atoms with van der Waals surface area (Å²) < 4.78 is 31.0. The van der Waals surface area contributed by atoms with Gasteiger partial charge in [0.15, 0.2) is 6.10 Å². The molecular weight excluding hydrogens is 341 g/mol. The molecule has 0 aliphatic rings. The second-order valence-electron chi connectivity index (χ2n) is 5.03. The van der Waals surface area contributed by atoms with Crippen molar-refractivity contribution in [1.29, 1.82) is 0 Å². The first-order valence-corrected chi connectivity index (χ1v) is 9.51. The maximum Gasteiger partial charge on any atom is 0.472 e. The van der Waals surface area contributed by atoms with Gasteiger partial charge in [0, 0.05) is 19.4 Å². The van der Waals surface area contributed by atoms with Crippen molar-refractivity contribution in [2.45, 2.75) is 52.1 Å². The van der Waals surface area contributed by atoms with Crippen LogP contribution in [0.25, 0.3) is 0 Å². The van der Waals surface area contributed by atoms with E-state index in [-0.39, 0.29) is 32.6 Å². The van der Waals surface area contributed by atoms with E-state index in [4.69, 9.17) is 19.7 Å². The van der Waals surface area contributed by atoms with Gasteiger partial charge in [0.1, 0.15) is 6.61 Å². The molecule has 24 heavy (non-hydrogen) atoms. The highest BCUT2D eigenvalue weighted by atomic mass is 31.2. The lowest BCUT2D eigenvalue weighted by Crippen LogP contribution is -2.29. The van der Waals surface area contributed by atoms with E-state index in [0.717, 1.165) is 6.42 Å². The number of esters is 2. The van der Waals surface area contributed by atoms with Crippen LogP contribution in [0, 0.1) is 0 Å². The molecule has 0 rings (SSSR count). The molecule has 142 valence electrons. The predicted molar refractivity (Wildman–Crippen MR) is 86.1 cm³/mol. The number of hydrogen-bond acceptors (Lipinski definition) is 8. The average molecular weight is 369 g/mol. The highest BCUT2D eigenvalue weighted by Gasteiger charge is 2.25. The van der Waals surface area contributed by atoms with E-state index in [1.165, 1.54) is 0 Å². The van der Waals surface area contributed by atoms with E-state index in [9.17, 15) is 19.0 Å². The number of phosphoric ester groups is 1. The molecule has 0 aliphatic heterocycles. The average Bonchev–Trinajstić information content (AvgIpc) is 2.54. The molecule has 0 amide bonds. The van der Waals surface area contributed by atoms with Crippen LogP contribution in [0.2, 0.25) is 0 Å². The van der Waals surface area contributed by atoms with Crippen molar-refractivity contribution in [3.63, 3.8) is 0 Å². The van der Waals surface area contributed by atoms with Crippen LogP contribution in [0.1, 0.15) is 46.0 Å². The number of carbonyl (C=O) groups is 2. The van der Waals surface area contributed by atoms with Crippen molar-refractivity contribution >= 4 is 19.8 Å². The molecule has 0 fully saturated rings. The monoisotopic (exact) mass is 369 g/mol. The molecule has 0 saturated carbocycles. The first-order chi connectivity index (χ1) is 11.3. The minimum absolute atomic E-state index is 0.0535. The summed E-state index contributed by atoms with van der Waals surface area (Å²) in [6, 6.07) is 0. The molecule has 0 bridgehead atoms. The van der Waals surface area contributed by atoms with Gasteiger partial charge in [0.2, 0.25) is 0 Å². The summed E-state index contributed by atoms with van der Waals surface area (Å²) in [5.74, 6) is -0.939. The molecule has 0 aromatic heterocycles. The van der Waals surface area contributed by atoms with E-state index in [2.05, 4.69) is 4.52 Å². The third-order valence-electron chi connectivity index (χ3n) is 2.71. The maximum atomic E-state index is 11.7. The molecule has 0 aromatic rings. The molecule has 2 atom stereocenters. The van der Waals surface area contributed by atoms with E-state index in [0.29, 0.717) is 12.8 Å². The zero-order valence-corrected chi connectivity index (χ0v) is 15.2. The molecule has 0 radical (unpaired) electrons. The minimum atomic E-state index is -4.30. The summed E-state index contributed by atoms with van der Waals surface area (Å²) in [6.45, 7) is 2.96. The number of rotatable bonds is 14. The highest BCUT2D eigenvalue weighted by molar-refractivity contribution is 7.47. The van der Waals surface area contributed by atoms with Crippen molar-refractivity contribution in [3.8, 4) is 0 Å². The fourth-order valence-corrected chi connectivity index (χ4v) is 2.29. The van der Waals surface area contributed by atoms with Crippen LogP contribution < -0.4 is 5.73 Å². The molecular formula is C14H28NO8P. The van der Waals surface area contributed by atoms with Crippen LogP contribution in [-0.2, 0) is 32.7 Å². The summed E-state index contributed by atoms with van der Waals surface area (Å²) in [7, 11) is -4.30. The number of phosphoric acid groups is 1. The summed E-state index contributed by atoms with van der Waals surface area (Å²) in [5, 5.41) is 0. The maximum absolute atomic E-state index is 11.7. The van der Waals surface area contributed by atoms with Crippen LogP contribution >= 0.6 is 7.82 Å². The highest BCUT2D eigenvalue weighted by Crippen LogP contribution is 2.43. The Morgan fingerprint density at radius 3 is 2.38 bits per heavy atom. The van der Waals surface area contributed by atoms with Crippen LogP contribution in [-0.4, -0.2) is 49.3 Å². The Balaban J connectivity index is 4.52. The standard InChI is InChI=1S/C14H28NO8P/c1-3-5-7-14(17)23-12(10-20-13(16)6-4-2)11-22-24(18,19)21-9-8-15/h12H,3-11,15H2,1-2H3,(H,18,19)/t12-/m1/s1. The molecule has 0 aromatic carbocycles. The van der Waals surface area contributed by atoms with E-state index >= 15 is 0 Å². The third-order valence-corrected chi connectivity index (χ3v) is 3.70. The second kappa shape index (κ2) is 13.3. The normalized spacial score (nSPS) is 14.7. The van der Waals surface area contributed by atoms with E-state index in [1.807, 2.05) is 13.8 Å². The van der Waals surface area contributed by atoms with Crippen molar-refractivity contribution in [2.24, 2.45) is 5.73 Å². The Morgan fingerprint density at radius 2 is 1.79 bits per heavy atom. The van der Waals surface area contributed by atoms with Gasteiger partial charge < -0.3 is 20.1 Å². The Labute approximate surface area is 142 Å². The minimum Gasteiger partial charge on any atom is -0.462 e. The van der Waals surface area contributed by atoms with Gasteiger partial charge in [-0.2, -0.15) is 0 Å². The summed E-state index contributed by atoms with van der Waals surface area (Å²) in [4.78, 5) is 32.5. The lowest BCUT2D eigenvalue weighted by atomic mass is 10.2. The molecule has 0 heterocycles. The van der Waals surface area contributed by atoms with Gasteiger partial charge in [-0.3, -0.25) is 18.6 Å². The summed E-state index contributed by atoms with van der Waals surface area (Å²) >= 11 is 0. The summed E-state index contributed by atoms with van der Waals surface area (Å²) in [6.07, 6.45) is 1.54. The largest absolute Gasteiger partial charge is 0.472 e. The first kappa shape index (κ1) is 23.0. The van der Waals surface area contributed by atoms with Crippen LogP contribution in [0.5, 0.6) is 0 Å². The first-order valence-electron chi connectivity index (χ1n) is 8.01. The van der Waals surface area contributed by atoms with Crippen LogP contribution in [0.3, 0.4) is 0 Å². The molecule has 9 nitrogen and oxygen atoms in total. The van der Waals surface area contributed by atoms with Crippen LogP contribution in [0.4, 0.5) is 0 Å². The van der Waals surface area contributed by atoms with Gasteiger partial charge in [0.25, 0.3) is 0 Å². The number of ether oxygens (including phenoxy) is 2. The Kier molecular flexibility index (Phi) is 12.8. The topological polar surface area (TPSA) is 134 Å². The zero-order chi connectivity index (χ0) is 18.4. The van der Waals surface area contributed by atoms with Gasteiger partial charge in [-0.15, -0.1) is 0 Å². The van der Waals surface area contributed by atoms with E-state index < -0.39 is 32.5 Å². The number of unbranched alkanes of at least 4 members (excludes halogenated alkanes) is 1. The molecule has 10 heteroatoms. The van der Waals surface area contributed by atoms with Gasteiger partial charge in [-0.05, 0) is 12.8 Å². The molecule has 3 N–H and O–H groups in total.